The highest BCUT2D eigenvalue weighted by molar-refractivity contribution is 9.10. The number of nitrogens with zero attached hydrogens (tertiary/aromatic N) is 3. The maximum atomic E-state index is 11.9. The van der Waals surface area contributed by atoms with Crippen molar-refractivity contribution in [3.8, 4) is 0 Å². The van der Waals surface area contributed by atoms with Gasteiger partial charge in [-0.3, -0.25) is 4.72 Å². The molecule has 0 aliphatic rings. The lowest BCUT2D eigenvalue weighted by molar-refractivity contribution is 0.602. The molecule has 90 valence electrons. The van der Waals surface area contributed by atoms with Gasteiger partial charge in [0, 0.05) is 0 Å². The van der Waals surface area contributed by atoms with Gasteiger partial charge in [-0.15, -0.1) is 11.3 Å². The van der Waals surface area contributed by atoms with Crippen LogP contribution in [0.15, 0.2) is 27.4 Å². The number of hydrogen-bond donors (Lipinski definition) is 1. The largest absolute Gasteiger partial charge is 0.274 e. The molecular weight excluding hydrogens is 328 g/mol. The highest BCUT2D eigenvalue weighted by atomic mass is 79.9. The summed E-state index contributed by atoms with van der Waals surface area (Å²) in [6, 6.07) is 0. The zero-order chi connectivity index (χ0) is 12.5. The Bertz CT molecular complexity index is 623. The summed E-state index contributed by atoms with van der Waals surface area (Å²) in [5.41, 5.74) is 0. The van der Waals surface area contributed by atoms with Crippen molar-refractivity contribution in [2.75, 3.05) is 4.72 Å². The highest BCUT2D eigenvalue weighted by Crippen LogP contribution is 2.20. The molecule has 0 radical (unpaired) electrons. The minimum absolute atomic E-state index is 0.153. The number of aromatic nitrogens is 3. The van der Waals surface area contributed by atoms with Crippen molar-refractivity contribution in [2.45, 2.75) is 11.1 Å². The maximum Gasteiger partial charge on any atom is 0.274 e. The summed E-state index contributed by atoms with van der Waals surface area (Å²) in [6.07, 6.45) is 4.06. The molecule has 0 bridgehead atoms. The van der Waals surface area contributed by atoms with Gasteiger partial charge in [0.25, 0.3) is 10.0 Å². The van der Waals surface area contributed by atoms with Gasteiger partial charge in [-0.2, -0.15) is 0 Å². The van der Waals surface area contributed by atoms with Gasteiger partial charge in [-0.05, 0) is 22.9 Å². The predicted octanol–water partition coefficient (Wildman–Crippen LogP) is 1.80. The zero-order valence-electron chi connectivity index (χ0n) is 8.58. The van der Waals surface area contributed by atoms with Crippen LogP contribution in [-0.4, -0.2) is 23.4 Å². The summed E-state index contributed by atoms with van der Waals surface area (Å²) in [5.74, 6) is 0.166. The highest BCUT2D eigenvalue weighted by Gasteiger charge is 2.17. The molecule has 0 saturated carbocycles. The first kappa shape index (κ1) is 12.4. The lowest BCUT2D eigenvalue weighted by Gasteiger charge is -2.03. The van der Waals surface area contributed by atoms with Crippen LogP contribution in [0, 0.1) is 6.92 Å². The summed E-state index contributed by atoms with van der Waals surface area (Å²) in [7, 11) is -3.62. The molecule has 0 amide bonds. The number of anilines is 1. The van der Waals surface area contributed by atoms with Crippen LogP contribution in [0.25, 0.3) is 0 Å². The summed E-state index contributed by atoms with van der Waals surface area (Å²) >= 11 is 4.21. The minimum Gasteiger partial charge on any atom is -0.261 e. The van der Waals surface area contributed by atoms with Crippen molar-refractivity contribution in [2.24, 2.45) is 0 Å². The van der Waals surface area contributed by atoms with E-state index in [4.69, 9.17) is 0 Å². The van der Waals surface area contributed by atoms with Crippen LogP contribution < -0.4 is 4.72 Å². The van der Waals surface area contributed by atoms with Crippen molar-refractivity contribution < 1.29 is 8.42 Å². The van der Waals surface area contributed by atoms with Crippen LogP contribution in [0.3, 0.4) is 0 Å². The molecule has 0 spiro atoms. The van der Waals surface area contributed by atoms with E-state index in [1.165, 1.54) is 18.6 Å². The molecule has 0 atom stereocenters. The van der Waals surface area contributed by atoms with Gasteiger partial charge in [-0.25, -0.2) is 23.4 Å². The van der Waals surface area contributed by atoms with Gasteiger partial charge >= 0.3 is 0 Å². The Morgan fingerprint density at radius 3 is 2.53 bits per heavy atom. The van der Waals surface area contributed by atoms with Gasteiger partial charge in [0.2, 0.25) is 0 Å². The van der Waals surface area contributed by atoms with E-state index < -0.39 is 10.0 Å². The van der Waals surface area contributed by atoms with Crippen LogP contribution >= 0.6 is 27.3 Å². The molecule has 2 aromatic heterocycles. The molecule has 1 N–H and O–H groups in total. The fraction of sp³-hybridized carbons (Fsp3) is 0.125. The summed E-state index contributed by atoms with van der Waals surface area (Å²) < 4.78 is 26.8. The average Bonchev–Trinajstić information content (AvgIpc) is 2.69. The third-order valence-electron chi connectivity index (χ3n) is 1.72. The van der Waals surface area contributed by atoms with E-state index in [9.17, 15) is 8.42 Å². The van der Waals surface area contributed by atoms with Crippen molar-refractivity contribution >= 4 is 43.1 Å². The Morgan fingerprint density at radius 1 is 1.24 bits per heavy atom. The van der Waals surface area contributed by atoms with Gasteiger partial charge in [0.05, 0.1) is 23.6 Å². The fourth-order valence-corrected chi connectivity index (χ4v) is 3.32. The minimum atomic E-state index is -3.62. The molecule has 2 rings (SSSR count). The molecule has 0 fully saturated rings. The normalized spacial score (nSPS) is 11.4. The number of nitrogens with one attached hydrogen (secondary N) is 1. The van der Waals surface area contributed by atoms with E-state index in [-0.39, 0.29) is 10.0 Å². The first-order valence-electron chi connectivity index (χ1n) is 4.40. The SMILES string of the molecule is Cc1ncc(S(=O)(=O)Nc2cnc(Br)cn2)s1. The van der Waals surface area contributed by atoms with Gasteiger partial charge in [0.15, 0.2) is 10.0 Å². The Kier molecular flexibility index (Phi) is 3.40. The summed E-state index contributed by atoms with van der Waals surface area (Å²) in [6.45, 7) is 1.74. The lowest BCUT2D eigenvalue weighted by atomic mass is 10.7. The molecular formula is C8H7BrN4O2S2. The van der Waals surface area contributed by atoms with Crippen molar-refractivity contribution in [3.05, 3.63) is 28.2 Å². The van der Waals surface area contributed by atoms with Crippen LogP contribution in [0.5, 0.6) is 0 Å². The molecule has 9 heteroatoms. The lowest BCUT2D eigenvalue weighted by Crippen LogP contribution is -2.12. The smallest absolute Gasteiger partial charge is 0.261 e. The Labute approximate surface area is 110 Å². The van der Waals surface area contributed by atoms with Crippen LogP contribution in [0.4, 0.5) is 5.82 Å². The quantitative estimate of drug-likeness (QED) is 0.925. The average molecular weight is 335 g/mol. The van der Waals surface area contributed by atoms with Crippen molar-refractivity contribution in [3.63, 3.8) is 0 Å². The topological polar surface area (TPSA) is 84.8 Å². The molecule has 0 aliphatic heterocycles. The Morgan fingerprint density at radius 2 is 2.00 bits per heavy atom. The molecule has 0 aliphatic carbocycles. The second-order valence-corrected chi connectivity index (χ2v) is 6.98. The predicted molar refractivity (Wildman–Crippen MR) is 67.4 cm³/mol. The number of halogens is 1. The van der Waals surface area contributed by atoms with Gasteiger partial charge < -0.3 is 0 Å². The molecule has 6 nitrogen and oxygen atoms in total. The number of rotatable bonds is 3. The first-order valence-corrected chi connectivity index (χ1v) is 7.49. The molecule has 0 unspecified atom stereocenters. The number of hydrogen-bond acceptors (Lipinski definition) is 6. The molecule has 2 aromatic rings. The third kappa shape index (κ3) is 2.99. The second kappa shape index (κ2) is 4.67. The van der Waals surface area contributed by atoms with E-state index >= 15 is 0 Å². The Balaban J connectivity index is 2.26. The Hall–Kier alpha value is -1.06. The molecule has 2 heterocycles. The van der Waals surface area contributed by atoms with E-state index in [1.807, 2.05) is 0 Å². The molecule has 0 saturated heterocycles. The zero-order valence-corrected chi connectivity index (χ0v) is 11.8. The number of thiazole rings is 1. The van der Waals surface area contributed by atoms with E-state index in [2.05, 4.69) is 35.6 Å². The van der Waals surface area contributed by atoms with Crippen LogP contribution in [0.1, 0.15) is 5.01 Å². The number of aryl methyl sites for hydroxylation is 1. The second-order valence-electron chi connectivity index (χ2n) is 3.03. The van der Waals surface area contributed by atoms with E-state index in [0.29, 0.717) is 9.61 Å². The van der Waals surface area contributed by atoms with Gasteiger partial charge in [0.1, 0.15) is 4.60 Å². The number of sulfonamides is 1. The fourth-order valence-electron chi connectivity index (χ4n) is 1.02. The van der Waals surface area contributed by atoms with Crippen LogP contribution in [-0.2, 0) is 10.0 Å². The summed E-state index contributed by atoms with van der Waals surface area (Å²) in [4.78, 5) is 11.7. The standard InChI is InChI=1S/C8H7BrN4O2S2/c1-5-10-4-8(16-5)17(14,15)13-7-3-11-6(9)2-12-7/h2-4H,1H3,(H,12,13). The van der Waals surface area contributed by atoms with Crippen molar-refractivity contribution in [1.29, 1.82) is 0 Å². The van der Waals surface area contributed by atoms with E-state index in [0.717, 1.165) is 11.3 Å². The monoisotopic (exact) mass is 334 g/mol. The van der Waals surface area contributed by atoms with Gasteiger partial charge in [-0.1, -0.05) is 0 Å². The summed E-state index contributed by atoms with van der Waals surface area (Å²) in [5, 5.41) is 0.687. The molecule has 17 heavy (non-hydrogen) atoms. The third-order valence-corrected chi connectivity index (χ3v) is 4.86. The van der Waals surface area contributed by atoms with Crippen LogP contribution in [0.2, 0.25) is 0 Å². The molecule has 0 aromatic carbocycles. The van der Waals surface area contributed by atoms with E-state index in [1.54, 1.807) is 6.92 Å². The first-order chi connectivity index (χ1) is 7.97. The van der Waals surface area contributed by atoms with Crippen molar-refractivity contribution in [1.82, 2.24) is 15.0 Å². The maximum absolute atomic E-state index is 11.9.